The Hall–Kier alpha value is -2.81. The number of aliphatic hydroxyl groups excluding tert-OH is 1. The third-order valence-electron chi connectivity index (χ3n) is 16.6. The molecule has 2 unspecified atom stereocenters. The zero-order valence-electron chi connectivity index (χ0n) is 48.7. The fourth-order valence-corrected chi connectivity index (χ4v) is 11.7. The molecule has 1 amide bonds. The highest BCUT2D eigenvalue weighted by Gasteiger charge is 2.28. The van der Waals surface area contributed by atoms with Crippen LogP contribution in [-0.2, 0) is 43.6 Å². The molecule has 4 aliphatic rings. The van der Waals surface area contributed by atoms with Crippen LogP contribution in [0.1, 0.15) is 212 Å². The van der Waals surface area contributed by atoms with Gasteiger partial charge in [-0.3, -0.25) is 15.4 Å². The molecule has 7 N–H and O–H groups in total. The van der Waals surface area contributed by atoms with E-state index < -0.39 is 0 Å². The topological polar surface area (TPSA) is 166 Å². The highest BCUT2D eigenvalue weighted by molar-refractivity contribution is 5.46. The van der Waals surface area contributed by atoms with Gasteiger partial charge in [0.15, 0.2) is 0 Å². The second-order valence-electron chi connectivity index (χ2n) is 24.1. The van der Waals surface area contributed by atoms with Gasteiger partial charge in [0.2, 0.25) is 6.41 Å². The van der Waals surface area contributed by atoms with Crippen molar-refractivity contribution in [2.24, 2.45) is 41.2 Å². The molecule has 12 heteroatoms. The first-order valence-electron chi connectivity index (χ1n) is 30.2. The van der Waals surface area contributed by atoms with Crippen LogP contribution >= 0.6 is 0 Å². The number of hydrogen-bond donors (Lipinski definition) is 6. The van der Waals surface area contributed by atoms with E-state index in [0.29, 0.717) is 68.2 Å². The van der Waals surface area contributed by atoms with Gasteiger partial charge in [-0.05, 0) is 222 Å². The van der Waals surface area contributed by atoms with Gasteiger partial charge in [0.25, 0.3) is 0 Å². The minimum absolute atomic E-state index is 0.0550. The number of aromatic hydroxyl groups is 1. The number of amides is 1. The van der Waals surface area contributed by atoms with Crippen molar-refractivity contribution in [2.45, 2.75) is 246 Å². The van der Waals surface area contributed by atoms with Crippen molar-refractivity contribution in [3.63, 3.8) is 0 Å². The molecule has 2 aromatic carbocycles. The van der Waals surface area contributed by atoms with E-state index in [4.69, 9.17) is 29.4 Å². The SMILES string of the molecule is CC.CC(CCOCNC1CCC(CC2CCC(N)CC2)CC1)CCOc1ccc(COCCC(C)CCOC(C)(C)C)cc1.Cc1cc(CO)c(O)c(COCNC2CCC(CC3CCC(NC=O)CC3)CC2)c1. The van der Waals surface area contributed by atoms with E-state index in [2.05, 4.69) is 74.8 Å². The van der Waals surface area contributed by atoms with Crippen molar-refractivity contribution >= 4 is 6.41 Å². The molecule has 4 saturated carbocycles. The molecule has 0 aromatic heterocycles. The molecule has 0 bridgehead atoms. The third kappa shape index (κ3) is 27.6. The highest BCUT2D eigenvalue weighted by Crippen LogP contribution is 2.37. The molecular formula is C63H110N4O8. The van der Waals surface area contributed by atoms with Crippen LogP contribution < -0.4 is 26.4 Å². The third-order valence-corrected chi connectivity index (χ3v) is 16.6. The largest absolute Gasteiger partial charge is 0.507 e. The van der Waals surface area contributed by atoms with Gasteiger partial charge >= 0.3 is 0 Å². The van der Waals surface area contributed by atoms with Crippen LogP contribution in [0.15, 0.2) is 36.4 Å². The molecule has 2 aromatic rings. The normalized spacial score (nSPS) is 24.9. The molecule has 0 aliphatic heterocycles. The number of nitrogens with one attached hydrogen (secondary N) is 3. The van der Waals surface area contributed by atoms with Crippen LogP contribution in [0, 0.1) is 42.4 Å². The molecule has 0 heterocycles. The summed E-state index contributed by atoms with van der Waals surface area (Å²) in [5, 5.41) is 29.6. The number of aryl methyl sites for hydroxylation is 1. The lowest BCUT2D eigenvalue weighted by molar-refractivity contribution is -0.110. The summed E-state index contributed by atoms with van der Waals surface area (Å²) < 4.78 is 29.4. The molecule has 0 spiro atoms. The van der Waals surface area contributed by atoms with Crippen LogP contribution in [0.3, 0.4) is 0 Å². The zero-order chi connectivity index (χ0) is 54.3. The maximum atomic E-state index is 10.6. The molecule has 4 fully saturated rings. The van der Waals surface area contributed by atoms with E-state index in [0.717, 1.165) is 112 Å². The number of phenols is 1. The molecular weight excluding hydrogens is 941 g/mol. The lowest BCUT2D eigenvalue weighted by Crippen LogP contribution is -2.36. The average Bonchev–Trinajstić information content (AvgIpc) is 3.40. The number of ether oxygens (including phenoxy) is 5. The minimum Gasteiger partial charge on any atom is -0.507 e. The summed E-state index contributed by atoms with van der Waals surface area (Å²) in [5.74, 6) is 5.80. The Balaban J connectivity index is 0.000000332. The zero-order valence-corrected chi connectivity index (χ0v) is 48.7. The van der Waals surface area contributed by atoms with Gasteiger partial charge in [0, 0.05) is 55.1 Å². The Labute approximate surface area is 456 Å². The van der Waals surface area contributed by atoms with Crippen LogP contribution in [0.4, 0.5) is 0 Å². The maximum Gasteiger partial charge on any atom is 0.207 e. The van der Waals surface area contributed by atoms with E-state index in [1.165, 1.54) is 108 Å². The Morgan fingerprint density at radius 3 is 1.61 bits per heavy atom. The van der Waals surface area contributed by atoms with Crippen molar-refractivity contribution in [3.8, 4) is 11.5 Å². The molecule has 2 atom stereocenters. The van der Waals surface area contributed by atoms with Crippen molar-refractivity contribution in [1.82, 2.24) is 16.0 Å². The first kappa shape index (κ1) is 64.7. The predicted octanol–water partition coefficient (Wildman–Crippen LogP) is 12.8. The van der Waals surface area contributed by atoms with Crippen molar-refractivity contribution in [3.05, 3.63) is 58.7 Å². The summed E-state index contributed by atoms with van der Waals surface area (Å²) in [6.07, 6.45) is 28.1. The number of rotatable bonds is 30. The van der Waals surface area contributed by atoms with Gasteiger partial charge in [-0.25, -0.2) is 0 Å². The fourth-order valence-electron chi connectivity index (χ4n) is 11.7. The Bertz CT molecular complexity index is 1750. The lowest BCUT2D eigenvalue weighted by Gasteiger charge is -2.34. The number of benzene rings is 2. The molecule has 4 aliphatic carbocycles. The van der Waals surface area contributed by atoms with Crippen LogP contribution in [0.25, 0.3) is 0 Å². The minimum atomic E-state index is -0.168. The molecule has 0 radical (unpaired) electrons. The second-order valence-corrected chi connectivity index (χ2v) is 24.1. The molecule has 430 valence electrons. The van der Waals surface area contributed by atoms with Gasteiger partial charge in [0.05, 0.1) is 45.5 Å². The van der Waals surface area contributed by atoms with Crippen LogP contribution in [0.5, 0.6) is 11.5 Å². The average molecular weight is 1050 g/mol. The molecule has 12 nitrogen and oxygen atoms in total. The van der Waals surface area contributed by atoms with Crippen molar-refractivity contribution in [2.75, 3.05) is 39.9 Å². The Kier molecular flexibility index (Phi) is 32.0. The van der Waals surface area contributed by atoms with Gasteiger partial charge in [-0.15, -0.1) is 0 Å². The van der Waals surface area contributed by atoms with E-state index in [1.54, 1.807) is 6.07 Å². The van der Waals surface area contributed by atoms with Gasteiger partial charge in [-0.1, -0.05) is 57.5 Å². The maximum absolute atomic E-state index is 10.6. The lowest BCUT2D eigenvalue weighted by atomic mass is 9.76. The Morgan fingerprint density at radius 2 is 1.09 bits per heavy atom. The number of aliphatic hydroxyl groups is 1. The van der Waals surface area contributed by atoms with E-state index in [1.807, 2.05) is 26.8 Å². The van der Waals surface area contributed by atoms with E-state index >= 15 is 0 Å². The van der Waals surface area contributed by atoms with Gasteiger partial charge in [0.1, 0.15) is 11.5 Å². The number of carbonyl (C=O) groups excluding carboxylic acids is 1. The quantitative estimate of drug-likeness (QED) is 0.0251. The summed E-state index contributed by atoms with van der Waals surface area (Å²) in [7, 11) is 0. The Morgan fingerprint density at radius 1 is 0.627 bits per heavy atom. The summed E-state index contributed by atoms with van der Waals surface area (Å²) in [6, 6.07) is 14.0. The molecule has 0 saturated heterocycles. The van der Waals surface area contributed by atoms with Gasteiger partial charge < -0.3 is 44.9 Å². The number of hydrogen-bond acceptors (Lipinski definition) is 11. The molecule has 6 rings (SSSR count). The number of carbonyl (C=O) groups is 1. The van der Waals surface area contributed by atoms with Crippen LogP contribution in [-0.4, -0.2) is 86.3 Å². The summed E-state index contributed by atoms with van der Waals surface area (Å²) in [6.45, 7) is 22.0. The van der Waals surface area contributed by atoms with Crippen LogP contribution in [0.2, 0.25) is 0 Å². The fraction of sp³-hybridized carbons (Fsp3) is 0.794. The second kappa shape index (κ2) is 37.1. The summed E-state index contributed by atoms with van der Waals surface area (Å²) >= 11 is 0. The van der Waals surface area contributed by atoms with Crippen molar-refractivity contribution < 1.29 is 38.7 Å². The summed E-state index contributed by atoms with van der Waals surface area (Å²) in [4.78, 5) is 10.6. The van der Waals surface area contributed by atoms with Crippen molar-refractivity contribution in [1.29, 1.82) is 0 Å². The number of nitrogens with two attached hydrogens (primary N) is 1. The first-order valence-corrected chi connectivity index (χ1v) is 30.2. The summed E-state index contributed by atoms with van der Waals surface area (Å²) in [5.41, 5.74) is 9.50. The van der Waals surface area contributed by atoms with E-state index in [-0.39, 0.29) is 18.0 Å². The van der Waals surface area contributed by atoms with E-state index in [9.17, 15) is 15.0 Å². The first-order chi connectivity index (χ1) is 36.2. The van der Waals surface area contributed by atoms with Gasteiger partial charge in [-0.2, -0.15) is 0 Å². The standard InChI is InChI=1S/C37H66N2O4.C24H38N2O4.C2H6/c1-29(19-23-41-28-39-35-14-8-32(9-15-35)26-31-6-12-34(38)13-7-31)20-24-42-36-16-10-33(11-17-36)27-40-22-18-30(2)21-25-43-37(3,4)5;1-17-10-20(13-27)24(29)21(11-17)14-30-16-26-23-8-4-19(5-9-23)12-18-2-6-22(7-3-18)25-15-28;1-2/h10-11,16-17,29-32,34-35,39H,6-9,12-15,18-28,38H2,1-5H3;10-11,15,18-19,22-23,26-27,29H,2-9,12-14,16H2,1H3,(H,25,28);1-2H3. The predicted molar refractivity (Wildman–Crippen MR) is 307 cm³/mol. The molecule has 75 heavy (non-hydrogen) atoms. The monoisotopic (exact) mass is 1050 g/mol. The highest BCUT2D eigenvalue weighted by atomic mass is 16.5. The smallest absolute Gasteiger partial charge is 0.207 e.